The SMILES string of the molecule is CCCC.O=[PH+]O.[Zn]. The van der Waals surface area contributed by atoms with E-state index >= 15 is 0 Å². The second kappa shape index (κ2) is 25.3. The minimum Gasteiger partial charge on any atom is -0.162 e. The van der Waals surface area contributed by atoms with E-state index in [4.69, 9.17) is 9.46 Å². The molecule has 0 aromatic rings. The van der Waals surface area contributed by atoms with Gasteiger partial charge in [0.25, 0.3) is 0 Å². The number of hydrogen-bond acceptors (Lipinski definition) is 1. The second-order valence-corrected chi connectivity index (χ2v) is 1.27. The summed E-state index contributed by atoms with van der Waals surface area (Å²) < 4.78 is 8.51. The molecule has 0 saturated heterocycles. The first-order chi connectivity index (χ1) is 3.33. The molecule has 1 N–H and O–H groups in total. The van der Waals surface area contributed by atoms with Crippen LogP contribution in [0.15, 0.2) is 0 Å². The molecule has 0 aromatic carbocycles. The topological polar surface area (TPSA) is 37.3 Å². The summed E-state index contributed by atoms with van der Waals surface area (Å²) in [6, 6.07) is 0. The largest absolute Gasteiger partial charge is 0.491 e. The summed E-state index contributed by atoms with van der Waals surface area (Å²) in [5.41, 5.74) is 0. The van der Waals surface area contributed by atoms with Crippen molar-refractivity contribution >= 4 is 8.69 Å². The average Bonchev–Trinajstić information content (AvgIpc) is 1.69. The van der Waals surface area contributed by atoms with Crippen molar-refractivity contribution in [3.8, 4) is 0 Å². The van der Waals surface area contributed by atoms with Gasteiger partial charge in [0.15, 0.2) is 0 Å². The van der Waals surface area contributed by atoms with Gasteiger partial charge in [0.2, 0.25) is 0 Å². The van der Waals surface area contributed by atoms with Crippen molar-refractivity contribution in [2.45, 2.75) is 26.7 Å². The molecule has 0 heterocycles. The van der Waals surface area contributed by atoms with E-state index in [1.54, 1.807) is 0 Å². The Labute approximate surface area is 64.7 Å². The fourth-order valence-electron chi connectivity index (χ4n) is 0. The van der Waals surface area contributed by atoms with E-state index in [9.17, 15) is 0 Å². The van der Waals surface area contributed by atoms with Gasteiger partial charge in [-0.2, -0.15) is 4.89 Å². The van der Waals surface area contributed by atoms with Crippen LogP contribution in [-0.4, -0.2) is 4.89 Å². The Bertz CT molecular complexity index is 33.2. The molecule has 1 unspecified atom stereocenters. The van der Waals surface area contributed by atoms with Crippen LogP contribution in [0.25, 0.3) is 0 Å². The first kappa shape index (κ1) is 15.9. The zero-order chi connectivity index (χ0) is 6.12. The van der Waals surface area contributed by atoms with Crippen LogP contribution in [0.3, 0.4) is 0 Å². The van der Waals surface area contributed by atoms with Crippen molar-refractivity contribution in [3.63, 3.8) is 0 Å². The molecule has 0 rings (SSSR count). The molecule has 0 radical (unpaired) electrons. The molecule has 0 amide bonds. The van der Waals surface area contributed by atoms with E-state index in [1.165, 1.54) is 12.8 Å². The predicted octanol–water partition coefficient (Wildman–Crippen LogP) is 1.72. The van der Waals surface area contributed by atoms with Gasteiger partial charge < -0.3 is 0 Å². The molecule has 0 fully saturated rings. The van der Waals surface area contributed by atoms with Crippen LogP contribution in [0.4, 0.5) is 0 Å². The van der Waals surface area contributed by atoms with Crippen molar-refractivity contribution in [2.24, 2.45) is 0 Å². The molecule has 0 aliphatic rings. The minimum absolute atomic E-state index is 0. The van der Waals surface area contributed by atoms with Gasteiger partial charge >= 0.3 is 8.69 Å². The molecule has 1 atom stereocenters. The van der Waals surface area contributed by atoms with Crippen LogP contribution in [0.5, 0.6) is 0 Å². The Kier molecular flexibility index (Phi) is 50.2. The number of hydrogen-bond donors (Lipinski definition) is 1. The predicted molar refractivity (Wildman–Crippen MR) is 31.8 cm³/mol. The molecule has 0 bridgehead atoms. The van der Waals surface area contributed by atoms with Crippen LogP contribution in [0.2, 0.25) is 0 Å². The molecule has 4 heteroatoms. The average molecular weight is 189 g/mol. The van der Waals surface area contributed by atoms with Gasteiger partial charge in [-0.05, 0) is 4.57 Å². The normalized spacial score (nSPS) is 6.38. The molecule has 0 spiro atoms. The summed E-state index contributed by atoms with van der Waals surface area (Å²) in [7, 11) is -1.17. The first-order valence-electron chi connectivity index (χ1n) is 2.34. The second-order valence-electron chi connectivity index (χ2n) is 1.09. The van der Waals surface area contributed by atoms with Crippen molar-refractivity contribution in [1.82, 2.24) is 0 Å². The van der Waals surface area contributed by atoms with Crippen LogP contribution in [0, 0.1) is 0 Å². The third kappa shape index (κ3) is 76.2. The fraction of sp³-hybridized carbons (Fsp3) is 1.00. The summed E-state index contributed by atoms with van der Waals surface area (Å²) in [5.74, 6) is 0. The standard InChI is InChI=1S/C4H10.HO2P.Zn/c1-3-4-2;1-3-2;/h3-4H2,1-2H3;3H;/p+1. The Balaban J connectivity index is -0.0000000575. The van der Waals surface area contributed by atoms with E-state index in [0.717, 1.165) is 0 Å². The quantitative estimate of drug-likeness (QED) is 0.503. The van der Waals surface area contributed by atoms with Crippen LogP contribution < -0.4 is 0 Å². The van der Waals surface area contributed by atoms with Crippen molar-refractivity contribution in [2.75, 3.05) is 0 Å². The maximum Gasteiger partial charge on any atom is 0.491 e. The smallest absolute Gasteiger partial charge is 0.162 e. The molecule has 0 aliphatic heterocycles. The van der Waals surface area contributed by atoms with E-state index in [2.05, 4.69) is 13.8 Å². The van der Waals surface area contributed by atoms with Gasteiger partial charge in [-0.3, -0.25) is 0 Å². The summed E-state index contributed by atoms with van der Waals surface area (Å²) in [4.78, 5) is 7.04. The minimum atomic E-state index is -1.17. The van der Waals surface area contributed by atoms with Crippen LogP contribution >= 0.6 is 8.69 Å². The Morgan fingerprint density at radius 1 is 1.38 bits per heavy atom. The third-order valence-electron chi connectivity index (χ3n) is 0.500. The third-order valence-corrected chi connectivity index (χ3v) is 0.500. The molecular formula is C4H12O2PZn+. The molecule has 0 aliphatic carbocycles. The van der Waals surface area contributed by atoms with Gasteiger partial charge in [0, 0.05) is 19.5 Å². The van der Waals surface area contributed by atoms with E-state index in [-0.39, 0.29) is 19.5 Å². The zero-order valence-corrected chi connectivity index (χ0v) is 9.44. The first-order valence-corrected chi connectivity index (χ1v) is 3.20. The van der Waals surface area contributed by atoms with E-state index < -0.39 is 8.69 Å². The fourth-order valence-corrected chi connectivity index (χ4v) is 0. The molecule has 0 saturated carbocycles. The van der Waals surface area contributed by atoms with Crippen molar-refractivity contribution < 1.29 is 28.9 Å². The van der Waals surface area contributed by atoms with Crippen molar-refractivity contribution in [1.29, 1.82) is 0 Å². The summed E-state index contributed by atoms with van der Waals surface area (Å²) in [6.45, 7) is 4.36. The van der Waals surface area contributed by atoms with Gasteiger partial charge in [-0.1, -0.05) is 26.7 Å². The van der Waals surface area contributed by atoms with Gasteiger partial charge in [0.1, 0.15) is 0 Å². The Morgan fingerprint density at radius 3 is 1.50 bits per heavy atom. The molecule has 46 valence electrons. The van der Waals surface area contributed by atoms with Gasteiger partial charge in [0.05, 0.1) is 0 Å². The maximum absolute atomic E-state index is 8.51. The number of rotatable bonds is 1. The summed E-state index contributed by atoms with van der Waals surface area (Å²) in [5, 5.41) is 0. The Hall–Kier alpha value is 0.683. The molecule has 2 nitrogen and oxygen atoms in total. The van der Waals surface area contributed by atoms with Crippen molar-refractivity contribution in [3.05, 3.63) is 0 Å². The molecule has 8 heavy (non-hydrogen) atoms. The summed E-state index contributed by atoms with van der Waals surface area (Å²) >= 11 is 0. The maximum atomic E-state index is 8.51. The van der Waals surface area contributed by atoms with E-state index in [1.807, 2.05) is 0 Å². The summed E-state index contributed by atoms with van der Waals surface area (Å²) in [6.07, 6.45) is 2.64. The molecular weight excluding hydrogens is 176 g/mol. The zero-order valence-electron chi connectivity index (χ0n) is 5.48. The van der Waals surface area contributed by atoms with E-state index in [0.29, 0.717) is 0 Å². The number of unbranched alkanes of at least 4 members (excludes halogenated alkanes) is 1. The monoisotopic (exact) mass is 187 g/mol. The van der Waals surface area contributed by atoms with Crippen LogP contribution in [-0.2, 0) is 24.0 Å². The van der Waals surface area contributed by atoms with Crippen LogP contribution in [0.1, 0.15) is 26.7 Å². The Morgan fingerprint density at radius 2 is 1.50 bits per heavy atom. The van der Waals surface area contributed by atoms with Gasteiger partial charge in [-0.25, -0.2) is 0 Å². The molecule has 0 aromatic heterocycles. The van der Waals surface area contributed by atoms with Gasteiger partial charge in [-0.15, -0.1) is 0 Å².